The predicted molar refractivity (Wildman–Crippen MR) is 71.5 cm³/mol. The van der Waals surface area contributed by atoms with Crippen molar-refractivity contribution in [2.24, 2.45) is 5.92 Å². The maximum atomic E-state index is 11.9. The van der Waals surface area contributed by atoms with E-state index in [0.717, 1.165) is 32.4 Å². The lowest BCUT2D eigenvalue weighted by atomic mass is 9.71. The van der Waals surface area contributed by atoms with E-state index in [0.29, 0.717) is 5.92 Å². The molecule has 1 saturated heterocycles. The lowest BCUT2D eigenvalue weighted by Gasteiger charge is -2.44. The van der Waals surface area contributed by atoms with E-state index in [1.165, 1.54) is 12.8 Å². The van der Waals surface area contributed by atoms with Gasteiger partial charge in [0.2, 0.25) is 0 Å². The summed E-state index contributed by atoms with van der Waals surface area (Å²) in [5.41, 5.74) is -0.400. The summed E-state index contributed by atoms with van der Waals surface area (Å²) in [4.78, 5) is 11.9. The zero-order chi connectivity index (χ0) is 13.2. The smallest absolute Gasteiger partial charge is 0.408 e. The Morgan fingerprint density at radius 1 is 1.44 bits per heavy atom. The first-order valence-electron chi connectivity index (χ1n) is 7.10. The molecule has 1 aliphatic heterocycles. The molecule has 1 atom stereocenters. The van der Waals surface area contributed by atoms with E-state index in [2.05, 4.69) is 10.6 Å². The molecule has 0 bridgehead atoms. The number of hydrogen-bond donors (Lipinski definition) is 2. The van der Waals surface area contributed by atoms with Gasteiger partial charge < -0.3 is 15.4 Å². The third kappa shape index (κ3) is 3.61. The highest BCUT2D eigenvalue weighted by Gasteiger charge is 2.41. The van der Waals surface area contributed by atoms with Gasteiger partial charge in [0.1, 0.15) is 5.60 Å². The van der Waals surface area contributed by atoms with Gasteiger partial charge in [0.15, 0.2) is 0 Å². The van der Waals surface area contributed by atoms with Gasteiger partial charge in [0, 0.05) is 5.54 Å². The lowest BCUT2D eigenvalue weighted by molar-refractivity contribution is 0.0349. The van der Waals surface area contributed by atoms with E-state index in [1.54, 1.807) is 0 Å². The van der Waals surface area contributed by atoms with Crippen molar-refractivity contribution in [2.45, 2.75) is 64.0 Å². The summed E-state index contributed by atoms with van der Waals surface area (Å²) < 4.78 is 5.37. The first-order valence-corrected chi connectivity index (χ1v) is 7.10. The first-order chi connectivity index (χ1) is 8.39. The molecule has 104 valence electrons. The summed E-state index contributed by atoms with van der Waals surface area (Å²) in [7, 11) is 0. The fourth-order valence-corrected chi connectivity index (χ4v) is 2.95. The van der Waals surface area contributed by atoms with E-state index in [1.807, 2.05) is 20.8 Å². The Bertz CT molecular complexity index is 299. The van der Waals surface area contributed by atoms with Crippen molar-refractivity contribution in [3.8, 4) is 0 Å². The van der Waals surface area contributed by atoms with E-state index < -0.39 is 5.60 Å². The highest BCUT2D eigenvalue weighted by atomic mass is 16.6. The zero-order valence-electron chi connectivity index (χ0n) is 11.8. The van der Waals surface area contributed by atoms with Crippen LogP contribution in [-0.4, -0.2) is 30.3 Å². The van der Waals surface area contributed by atoms with Gasteiger partial charge >= 0.3 is 6.09 Å². The van der Waals surface area contributed by atoms with Crippen LogP contribution in [0.2, 0.25) is 0 Å². The van der Waals surface area contributed by atoms with Gasteiger partial charge in [-0.15, -0.1) is 0 Å². The van der Waals surface area contributed by atoms with Gasteiger partial charge in [-0.2, -0.15) is 0 Å². The molecule has 1 amide bonds. The minimum absolute atomic E-state index is 0.0129. The van der Waals surface area contributed by atoms with Crippen molar-refractivity contribution >= 4 is 6.09 Å². The molecule has 2 rings (SSSR count). The molecular formula is C14H26N2O2. The Labute approximate surface area is 110 Å². The first kappa shape index (κ1) is 13.7. The number of carbonyl (C=O) groups is 1. The van der Waals surface area contributed by atoms with Crippen LogP contribution in [0, 0.1) is 5.92 Å². The van der Waals surface area contributed by atoms with Crippen molar-refractivity contribution in [3.63, 3.8) is 0 Å². The molecule has 1 aliphatic carbocycles. The third-order valence-electron chi connectivity index (χ3n) is 3.92. The van der Waals surface area contributed by atoms with E-state index in [-0.39, 0.29) is 11.6 Å². The summed E-state index contributed by atoms with van der Waals surface area (Å²) >= 11 is 0. The van der Waals surface area contributed by atoms with Gasteiger partial charge in [-0.25, -0.2) is 4.79 Å². The maximum absolute atomic E-state index is 11.9. The van der Waals surface area contributed by atoms with Crippen LogP contribution in [0.5, 0.6) is 0 Å². The predicted octanol–water partition coefficient (Wildman–Crippen LogP) is 2.43. The van der Waals surface area contributed by atoms with Gasteiger partial charge in [-0.05, 0) is 71.9 Å². The molecule has 18 heavy (non-hydrogen) atoms. The number of hydrogen-bond acceptors (Lipinski definition) is 3. The SMILES string of the molecule is CC(C)(C)OC(=O)NC1(C[C@H]2CCNC2)CCC1. The molecule has 4 heteroatoms. The van der Waals surface area contributed by atoms with E-state index in [4.69, 9.17) is 4.74 Å². The van der Waals surface area contributed by atoms with Crippen molar-refractivity contribution < 1.29 is 9.53 Å². The number of ether oxygens (including phenoxy) is 1. The molecule has 1 saturated carbocycles. The van der Waals surface area contributed by atoms with Crippen LogP contribution in [0.1, 0.15) is 52.9 Å². The summed E-state index contributed by atoms with van der Waals surface area (Å²) in [5, 5.41) is 6.52. The van der Waals surface area contributed by atoms with Crippen LogP contribution in [0.15, 0.2) is 0 Å². The van der Waals surface area contributed by atoms with Crippen molar-refractivity contribution in [2.75, 3.05) is 13.1 Å². The monoisotopic (exact) mass is 254 g/mol. The Morgan fingerprint density at radius 2 is 2.17 bits per heavy atom. The molecule has 4 nitrogen and oxygen atoms in total. The third-order valence-corrected chi connectivity index (χ3v) is 3.92. The van der Waals surface area contributed by atoms with Crippen LogP contribution >= 0.6 is 0 Å². The molecule has 0 radical (unpaired) electrons. The standard InChI is InChI=1S/C14H26N2O2/c1-13(2,3)18-12(17)16-14(6-4-7-14)9-11-5-8-15-10-11/h11,15H,4-10H2,1-3H3,(H,16,17)/t11-/m1/s1. The molecule has 0 aromatic heterocycles. The van der Waals surface area contributed by atoms with Crippen molar-refractivity contribution in [1.82, 2.24) is 10.6 Å². The second kappa shape index (κ2) is 5.08. The topological polar surface area (TPSA) is 50.4 Å². The molecule has 0 spiro atoms. The number of amides is 1. The van der Waals surface area contributed by atoms with Crippen molar-refractivity contribution in [1.29, 1.82) is 0 Å². The van der Waals surface area contributed by atoms with Crippen LogP contribution in [0.4, 0.5) is 4.79 Å². The second-order valence-corrected chi connectivity index (χ2v) is 6.82. The average Bonchev–Trinajstić information content (AvgIpc) is 2.63. The highest BCUT2D eigenvalue weighted by molar-refractivity contribution is 5.69. The molecule has 2 N–H and O–H groups in total. The normalized spacial score (nSPS) is 26.5. The van der Waals surface area contributed by atoms with Gasteiger partial charge in [-0.3, -0.25) is 0 Å². The fourth-order valence-electron chi connectivity index (χ4n) is 2.95. The van der Waals surface area contributed by atoms with E-state index >= 15 is 0 Å². The Hall–Kier alpha value is -0.770. The highest BCUT2D eigenvalue weighted by Crippen LogP contribution is 2.38. The summed E-state index contributed by atoms with van der Waals surface area (Å²) in [6.45, 7) is 7.92. The number of alkyl carbamates (subject to hydrolysis) is 1. The second-order valence-electron chi connectivity index (χ2n) is 6.82. The minimum atomic E-state index is -0.413. The molecule has 0 unspecified atom stereocenters. The molecule has 0 aromatic carbocycles. The van der Waals surface area contributed by atoms with Crippen LogP contribution in [0.25, 0.3) is 0 Å². The van der Waals surface area contributed by atoms with Crippen LogP contribution < -0.4 is 10.6 Å². The fraction of sp³-hybridized carbons (Fsp3) is 0.929. The number of nitrogens with one attached hydrogen (secondary N) is 2. The Morgan fingerprint density at radius 3 is 2.61 bits per heavy atom. The van der Waals surface area contributed by atoms with Gasteiger partial charge in [-0.1, -0.05) is 0 Å². The van der Waals surface area contributed by atoms with Gasteiger partial charge in [0.25, 0.3) is 0 Å². The van der Waals surface area contributed by atoms with Crippen molar-refractivity contribution in [3.05, 3.63) is 0 Å². The summed E-state index contributed by atoms with van der Waals surface area (Å²) in [6, 6.07) is 0. The zero-order valence-corrected chi connectivity index (χ0v) is 11.8. The lowest BCUT2D eigenvalue weighted by Crippen LogP contribution is -2.55. The van der Waals surface area contributed by atoms with E-state index in [9.17, 15) is 4.79 Å². The Kier molecular flexibility index (Phi) is 3.85. The van der Waals surface area contributed by atoms with Gasteiger partial charge in [0.05, 0.1) is 0 Å². The van der Waals surface area contributed by atoms with Crippen LogP contribution in [-0.2, 0) is 4.74 Å². The maximum Gasteiger partial charge on any atom is 0.408 e. The molecular weight excluding hydrogens is 228 g/mol. The quantitative estimate of drug-likeness (QED) is 0.813. The molecule has 1 heterocycles. The molecule has 2 fully saturated rings. The Balaban J connectivity index is 1.85. The molecule has 0 aromatic rings. The van der Waals surface area contributed by atoms with Crippen LogP contribution in [0.3, 0.4) is 0 Å². The average molecular weight is 254 g/mol. The summed E-state index contributed by atoms with van der Waals surface area (Å²) in [6.07, 6.45) is 5.49. The number of carbonyl (C=O) groups excluding carboxylic acids is 1. The minimum Gasteiger partial charge on any atom is -0.444 e. The number of rotatable bonds is 3. The largest absolute Gasteiger partial charge is 0.444 e. The summed E-state index contributed by atoms with van der Waals surface area (Å²) in [5.74, 6) is 0.709. The molecule has 2 aliphatic rings.